The number of hydrogen-bond donors (Lipinski definition) is 1. The van der Waals surface area contributed by atoms with Gasteiger partial charge in [0.1, 0.15) is 5.75 Å². The Bertz CT molecular complexity index is 815. The summed E-state index contributed by atoms with van der Waals surface area (Å²) in [6.07, 6.45) is 2.65. The lowest BCUT2D eigenvalue weighted by Crippen LogP contribution is -2.30. The van der Waals surface area contributed by atoms with Gasteiger partial charge in [-0.05, 0) is 74.6 Å². The lowest BCUT2D eigenvalue weighted by Gasteiger charge is -2.16. The highest BCUT2D eigenvalue weighted by molar-refractivity contribution is 5.94. The van der Waals surface area contributed by atoms with Crippen LogP contribution in [0.15, 0.2) is 42.5 Å². The van der Waals surface area contributed by atoms with Crippen molar-refractivity contribution in [1.82, 2.24) is 0 Å². The first-order valence-electron chi connectivity index (χ1n) is 8.93. The third-order valence-electron chi connectivity index (χ3n) is 4.39. The Balaban J connectivity index is 1.62. The molecule has 5 heteroatoms. The Morgan fingerprint density at radius 2 is 1.92 bits per heavy atom. The number of ether oxygens (including phenoxy) is 2. The summed E-state index contributed by atoms with van der Waals surface area (Å²) in [6, 6.07) is 12.7. The summed E-state index contributed by atoms with van der Waals surface area (Å²) in [7, 11) is 0. The first-order valence-corrected chi connectivity index (χ1v) is 8.93. The molecule has 0 aliphatic heterocycles. The van der Waals surface area contributed by atoms with E-state index in [9.17, 15) is 9.59 Å². The molecule has 1 atom stereocenters. The van der Waals surface area contributed by atoms with Gasteiger partial charge in [0.15, 0.2) is 6.10 Å². The first kappa shape index (κ1) is 18.0. The van der Waals surface area contributed by atoms with E-state index in [4.69, 9.17) is 9.47 Å². The predicted molar refractivity (Wildman–Crippen MR) is 99.6 cm³/mol. The quantitative estimate of drug-likeness (QED) is 0.803. The van der Waals surface area contributed by atoms with Gasteiger partial charge < -0.3 is 14.8 Å². The number of nitrogens with one attached hydrogen (secondary N) is 1. The molecule has 5 nitrogen and oxygen atoms in total. The van der Waals surface area contributed by atoms with Gasteiger partial charge in [0.2, 0.25) is 0 Å². The van der Waals surface area contributed by atoms with Crippen LogP contribution in [0.1, 0.15) is 41.8 Å². The molecule has 1 aliphatic carbocycles. The average Bonchev–Trinajstić information content (AvgIpc) is 3.10. The number of amides is 1. The summed E-state index contributed by atoms with van der Waals surface area (Å²) < 4.78 is 10.7. The molecular weight excluding hydrogens is 330 g/mol. The number of fused-ring (bicyclic) bond motifs is 1. The summed E-state index contributed by atoms with van der Waals surface area (Å²) in [5.74, 6) is -0.190. The van der Waals surface area contributed by atoms with Crippen molar-refractivity contribution in [3.63, 3.8) is 0 Å². The number of anilines is 1. The van der Waals surface area contributed by atoms with Gasteiger partial charge in [-0.15, -0.1) is 0 Å². The highest BCUT2D eigenvalue weighted by atomic mass is 16.5. The van der Waals surface area contributed by atoms with Crippen LogP contribution in [0.2, 0.25) is 0 Å². The minimum absolute atomic E-state index is 0.232. The molecular formula is C21H23NO4. The minimum atomic E-state index is -0.694. The van der Waals surface area contributed by atoms with Crippen molar-refractivity contribution in [2.45, 2.75) is 39.2 Å². The van der Waals surface area contributed by atoms with Crippen LogP contribution in [0.3, 0.4) is 0 Å². The molecule has 2 aromatic rings. The number of benzene rings is 2. The summed E-state index contributed by atoms with van der Waals surface area (Å²) >= 11 is 0. The molecule has 0 bridgehead atoms. The third kappa shape index (κ3) is 4.23. The Hall–Kier alpha value is -2.82. The van der Waals surface area contributed by atoms with Crippen LogP contribution in [0.25, 0.3) is 0 Å². The molecule has 1 amide bonds. The molecule has 1 N–H and O–H groups in total. The van der Waals surface area contributed by atoms with Crippen LogP contribution in [-0.2, 0) is 22.4 Å². The highest BCUT2D eigenvalue weighted by Gasteiger charge is 2.17. The number of aryl methyl sites for hydroxylation is 2. The largest absolute Gasteiger partial charge is 0.481 e. The van der Waals surface area contributed by atoms with E-state index in [0.29, 0.717) is 17.9 Å². The molecule has 0 fully saturated rings. The molecule has 0 unspecified atom stereocenters. The van der Waals surface area contributed by atoms with E-state index in [1.807, 2.05) is 12.1 Å². The second kappa shape index (κ2) is 8.04. The van der Waals surface area contributed by atoms with Gasteiger partial charge in [-0.1, -0.05) is 12.1 Å². The van der Waals surface area contributed by atoms with Gasteiger partial charge in [-0.2, -0.15) is 0 Å². The van der Waals surface area contributed by atoms with E-state index in [1.165, 1.54) is 17.5 Å². The van der Waals surface area contributed by atoms with Crippen LogP contribution in [0.4, 0.5) is 5.69 Å². The van der Waals surface area contributed by atoms with Crippen molar-refractivity contribution in [2.24, 2.45) is 0 Å². The summed E-state index contributed by atoms with van der Waals surface area (Å²) in [5.41, 5.74) is 3.85. The molecule has 0 saturated carbocycles. The van der Waals surface area contributed by atoms with E-state index in [2.05, 4.69) is 11.4 Å². The number of hydrogen-bond acceptors (Lipinski definition) is 4. The summed E-state index contributed by atoms with van der Waals surface area (Å²) in [6.45, 7) is 3.74. The lowest BCUT2D eigenvalue weighted by atomic mass is 10.1. The van der Waals surface area contributed by atoms with Crippen LogP contribution in [0, 0.1) is 0 Å². The van der Waals surface area contributed by atoms with Crippen molar-refractivity contribution >= 4 is 17.6 Å². The molecule has 3 rings (SSSR count). The molecule has 0 spiro atoms. The zero-order valence-corrected chi connectivity index (χ0v) is 15.1. The normalized spacial score (nSPS) is 13.6. The Kier molecular flexibility index (Phi) is 5.56. The van der Waals surface area contributed by atoms with Gasteiger partial charge in [-0.25, -0.2) is 4.79 Å². The fourth-order valence-electron chi connectivity index (χ4n) is 3.06. The molecule has 136 valence electrons. The standard InChI is InChI=1S/C21H23NO4/c1-3-25-21(24)17-8-5-9-19(13-17)26-14(2)20(23)22-18-11-10-15-6-4-7-16(15)12-18/h5,8-14H,3-4,6-7H2,1-2H3,(H,22,23)/t14-/m0/s1. The Morgan fingerprint density at radius 3 is 2.73 bits per heavy atom. The predicted octanol–water partition coefficient (Wildman–Crippen LogP) is 3.76. The van der Waals surface area contributed by atoms with E-state index in [1.54, 1.807) is 38.1 Å². The van der Waals surface area contributed by atoms with Crippen LogP contribution < -0.4 is 10.1 Å². The van der Waals surface area contributed by atoms with E-state index in [-0.39, 0.29) is 5.91 Å². The van der Waals surface area contributed by atoms with E-state index in [0.717, 1.165) is 18.5 Å². The van der Waals surface area contributed by atoms with Gasteiger partial charge in [0, 0.05) is 5.69 Å². The van der Waals surface area contributed by atoms with Gasteiger partial charge in [0.05, 0.1) is 12.2 Å². The van der Waals surface area contributed by atoms with E-state index >= 15 is 0 Å². The number of esters is 1. The number of carbonyl (C=O) groups excluding carboxylic acids is 2. The van der Waals surface area contributed by atoms with Crippen LogP contribution in [0.5, 0.6) is 5.75 Å². The smallest absolute Gasteiger partial charge is 0.338 e. The second-order valence-electron chi connectivity index (χ2n) is 6.33. The maximum absolute atomic E-state index is 12.4. The summed E-state index contributed by atoms with van der Waals surface area (Å²) in [5, 5.41) is 2.89. The molecule has 2 aromatic carbocycles. The molecule has 1 aliphatic rings. The van der Waals surface area contributed by atoms with Crippen molar-refractivity contribution in [1.29, 1.82) is 0 Å². The van der Waals surface area contributed by atoms with Crippen molar-refractivity contribution in [2.75, 3.05) is 11.9 Å². The highest BCUT2D eigenvalue weighted by Crippen LogP contribution is 2.25. The SMILES string of the molecule is CCOC(=O)c1cccc(O[C@@H](C)C(=O)Nc2ccc3c(c2)CCC3)c1. The Labute approximate surface area is 153 Å². The van der Waals surface area contributed by atoms with Gasteiger partial charge >= 0.3 is 5.97 Å². The lowest BCUT2D eigenvalue weighted by molar-refractivity contribution is -0.122. The van der Waals surface area contributed by atoms with Crippen molar-refractivity contribution in [3.8, 4) is 5.75 Å². The minimum Gasteiger partial charge on any atom is -0.481 e. The molecule has 0 aromatic heterocycles. The molecule has 0 heterocycles. The third-order valence-corrected chi connectivity index (χ3v) is 4.39. The Morgan fingerprint density at radius 1 is 1.12 bits per heavy atom. The zero-order chi connectivity index (χ0) is 18.5. The van der Waals surface area contributed by atoms with Crippen LogP contribution >= 0.6 is 0 Å². The van der Waals surface area contributed by atoms with Crippen molar-refractivity contribution in [3.05, 3.63) is 59.2 Å². The molecule has 0 radical (unpaired) electrons. The second-order valence-corrected chi connectivity index (χ2v) is 6.33. The first-order chi connectivity index (χ1) is 12.6. The fourth-order valence-corrected chi connectivity index (χ4v) is 3.06. The fraction of sp³-hybridized carbons (Fsp3) is 0.333. The summed E-state index contributed by atoms with van der Waals surface area (Å²) in [4.78, 5) is 24.2. The maximum Gasteiger partial charge on any atom is 0.338 e. The monoisotopic (exact) mass is 353 g/mol. The zero-order valence-electron chi connectivity index (χ0n) is 15.1. The number of rotatable bonds is 6. The average molecular weight is 353 g/mol. The topological polar surface area (TPSA) is 64.6 Å². The molecule has 0 saturated heterocycles. The van der Waals surface area contributed by atoms with E-state index < -0.39 is 12.1 Å². The van der Waals surface area contributed by atoms with Crippen LogP contribution in [-0.4, -0.2) is 24.6 Å². The maximum atomic E-state index is 12.4. The van der Waals surface area contributed by atoms with Gasteiger partial charge in [0.25, 0.3) is 5.91 Å². The van der Waals surface area contributed by atoms with Crippen molar-refractivity contribution < 1.29 is 19.1 Å². The number of carbonyl (C=O) groups is 2. The van der Waals surface area contributed by atoms with Gasteiger partial charge in [-0.3, -0.25) is 4.79 Å². The molecule has 26 heavy (non-hydrogen) atoms.